The van der Waals surface area contributed by atoms with Gasteiger partial charge in [-0.25, -0.2) is 0 Å². The highest BCUT2D eigenvalue weighted by molar-refractivity contribution is 5.84. The van der Waals surface area contributed by atoms with Crippen molar-refractivity contribution in [2.75, 3.05) is 26.2 Å². The average molecular weight is 425 g/mol. The first kappa shape index (κ1) is 20.5. The summed E-state index contributed by atoms with van der Waals surface area (Å²) < 4.78 is 13.6. The molecule has 7 nitrogen and oxygen atoms in total. The van der Waals surface area contributed by atoms with Crippen molar-refractivity contribution in [1.82, 2.24) is 19.8 Å². The number of ether oxygens (including phenoxy) is 1. The molecule has 1 saturated carbocycles. The van der Waals surface area contributed by atoms with E-state index in [9.17, 15) is 5.11 Å². The highest BCUT2D eigenvalue weighted by Crippen LogP contribution is 2.34. The van der Waals surface area contributed by atoms with Gasteiger partial charge in [0.2, 0.25) is 0 Å². The number of hydrogen-bond acceptors (Lipinski definition) is 6. The maximum atomic E-state index is 9.89. The first-order valence-electron chi connectivity index (χ1n) is 11.6. The van der Waals surface area contributed by atoms with E-state index < -0.39 is 0 Å². The molecular weight excluding hydrogens is 392 g/mol. The molecule has 2 aromatic heterocycles. The molecule has 3 aromatic rings. The lowest BCUT2D eigenvalue weighted by atomic mass is 9.91. The van der Waals surface area contributed by atoms with Crippen molar-refractivity contribution in [3.63, 3.8) is 0 Å². The Bertz CT molecular complexity index is 972. The molecule has 1 N–H and O–H groups in total. The van der Waals surface area contributed by atoms with Crippen LogP contribution in [0.15, 0.2) is 35.1 Å². The van der Waals surface area contributed by atoms with Crippen LogP contribution in [0.4, 0.5) is 0 Å². The smallest absolute Gasteiger partial charge is 0.176 e. The van der Waals surface area contributed by atoms with E-state index in [0.29, 0.717) is 11.5 Å². The Morgan fingerprint density at radius 3 is 2.71 bits per heavy atom. The van der Waals surface area contributed by atoms with E-state index >= 15 is 0 Å². The Kier molecular flexibility index (Phi) is 6.22. The van der Waals surface area contributed by atoms with Gasteiger partial charge in [0, 0.05) is 24.3 Å². The van der Waals surface area contributed by atoms with Crippen LogP contribution in [0, 0.1) is 11.8 Å². The largest absolute Gasteiger partial charge is 0.493 e. The zero-order chi connectivity index (χ0) is 21.0. The molecule has 0 bridgehead atoms. The van der Waals surface area contributed by atoms with Gasteiger partial charge in [0.25, 0.3) is 0 Å². The normalized spacial score (nSPS) is 18.1. The third-order valence-electron chi connectivity index (χ3n) is 6.81. The van der Waals surface area contributed by atoms with Crippen LogP contribution in [0.3, 0.4) is 0 Å². The van der Waals surface area contributed by atoms with E-state index in [1.807, 2.05) is 35.3 Å². The maximum Gasteiger partial charge on any atom is 0.176 e. The zero-order valence-electron chi connectivity index (χ0n) is 18.1. The molecule has 1 aliphatic carbocycles. The monoisotopic (exact) mass is 424 g/mol. The standard InChI is InChI=1S/C24H32N4O3/c29-16-21-23(30-17-19-2-3-19)7-5-20-22(26-31-24(20)21)6-4-18-8-12-27(13-9-18)14-15-28-11-1-10-25-28/h1,5,7,10-11,18-19,29H,2-4,6,8-9,12-17H2. The molecule has 1 saturated heterocycles. The molecule has 0 radical (unpaired) electrons. The fourth-order valence-electron chi connectivity index (χ4n) is 4.56. The number of hydrogen-bond donors (Lipinski definition) is 1. The molecular formula is C24H32N4O3. The van der Waals surface area contributed by atoms with Crippen LogP contribution < -0.4 is 4.74 Å². The number of aliphatic hydroxyl groups excluding tert-OH is 1. The van der Waals surface area contributed by atoms with E-state index in [-0.39, 0.29) is 6.61 Å². The van der Waals surface area contributed by atoms with Crippen LogP contribution in [0.2, 0.25) is 0 Å². The topological polar surface area (TPSA) is 76.6 Å². The third-order valence-corrected chi connectivity index (χ3v) is 6.81. The second kappa shape index (κ2) is 9.40. The quantitative estimate of drug-likeness (QED) is 0.535. The van der Waals surface area contributed by atoms with Gasteiger partial charge in [0.15, 0.2) is 5.58 Å². The molecule has 0 amide bonds. The van der Waals surface area contributed by atoms with E-state index in [1.165, 1.54) is 25.7 Å². The first-order valence-corrected chi connectivity index (χ1v) is 11.6. The summed E-state index contributed by atoms with van der Waals surface area (Å²) in [6, 6.07) is 5.99. The van der Waals surface area contributed by atoms with Crippen LogP contribution in [-0.4, -0.2) is 51.2 Å². The van der Waals surface area contributed by atoms with Crippen LogP contribution in [-0.2, 0) is 19.6 Å². The lowest BCUT2D eigenvalue weighted by Crippen LogP contribution is -2.36. The van der Waals surface area contributed by atoms with Gasteiger partial charge in [-0.05, 0) is 81.6 Å². The van der Waals surface area contributed by atoms with Crippen molar-refractivity contribution in [2.24, 2.45) is 11.8 Å². The Morgan fingerprint density at radius 2 is 1.97 bits per heavy atom. The fraction of sp³-hybridized carbons (Fsp3) is 0.583. The first-order chi connectivity index (χ1) is 15.3. The number of fused-ring (bicyclic) bond motifs is 1. The molecule has 5 rings (SSSR count). The number of aromatic nitrogens is 3. The van der Waals surface area contributed by atoms with E-state index in [4.69, 9.17) is 9.26 Å². The number of aliphatic hydroxyl groups is 1. The molecule has 0 unspecified atom stereocenters. The second-order valence-corrected chi connectivity index (χ2v) is 9.05. The Morgan fingerprint density at radius 1 is 1.10 bits per heavy atom. The minimum absolute atomic E-state index is 0.0943. The summed E-state index contributed by atoms with van der Waals surface area (Å²) in [7, 11) is 0. The molecule has 7 heteroatoms. The van der Waals surface area contributed by atoms with Crippen molar-refractivity contribution < 1.29 is 14.4 Å². The van der Waals surface area contributed by atoms with Gasteiger partial charge in [0.05, 0.1) is 31.0 Å². The molecule has 0 spiro atoms. The zero-order valence-corrected chi connectivity index (χ0v) is 18.1. The summed E-state index contributed by atoms with van der Waals surface area (Å²) in [5.41, 5.74) is 2.40. The molecule has 2 fully saturated rings. The van der Waals surface area contributed by atoms with E-state index in [1.54, 1.807) is 0 Å². The van der Waals surface area contributed by atoms with Crippen LogP contribution in [0.5, 0.6) is 5.75 Å². The van der Waals surface area contributed by atoms with E-state index in [0.717, 1.165) is 73.9 Å². The third kappa shape index (κ3) is 4.93. The van der Waals surface area contributed by atoms with Gasteiger partial charge in [0.1, 0.15) is 5.75 Å². The predicted octanol–water partition coefficient (Wildman–Crippen LogP) is 3.65. The summed E-state index contributed by atoms with van der Waals surface area (Å²) in [4.78, 5) is 2.54. The van der Waals surface area contributed by atoms with Crippen molar-refractivity contribution in [3.8, 4) is 5.75 Å². The minimum atomic E-state index is -0.0943. The number of piperidine rings is 1. The molecule has 166 valence electrons. The molecule has 0 atom stereocenters. The Labute approximate surface area is 183 Å². The van der Waals surface area contributed by atoms with Crippen molar-refractivity contribution >= 4 is 11.0 Å². The van der Waals surface area contributed by atoms with E-state index in [2.05, 4.69) is 15.2 Å². The van der Waals surface area contributed by atoms with Gasteiger partial charge in [-0.15, -0.1) is 0 Å². The minimum Gasteiger partial charge on any atom is -0.493 e. The lowest BCUT2D eigenvalue weighted by molar-refractivity contribution is 0.172. The van der Waals surface area contributed by atoms with Gasteiger partial charge < -0.3 is 19.3 Å². The lowest BCUT2D eigenvalue weighted by Gasteiger charge is -2.31. The Hall–Kier alpha value is -2.38. The van der Waals surface area contributed by atoms with Gasteiger partial charge in [-0.3, -0.25) is 4.68 Å². The van der Waals surface area contributed by atoms with Gasteiger partial charge in [-0.1, -0.05) is 5.16 Å². The molecule has 1 aliphatic heterocycles. The van der Waals surface area contributed by atoms with Gasteiger partial charge in [-0.2, -0.15) is 5.10 Å². The summed E-state index contributed by atoms with van der Waals surface area (Å²) >= 11 is 0. The number of rotatable bonds is 10. The van der Waals surface area contributed by atoms with Crippen molar-refractivity contribution in [3.05, 3.63) is 41.9 Å². The maximum absolute atomic E-state index is 9.89. The average Bonchev–Trinajstić information content (AvgIpc) is 3.31. The molecule has 1 aromatic carbocycles. The summed E-state index contributed by atoms with van der Waals surface area (Å²) in [5, 5.41) is 19.5. The predicted molar refractivity (Wildman–Crippen MR) is 118 cm³/mol. The SMILES string of the molecule is OCc1c(OCC2CC2)ccc2c(CCC3CCN(CCn4cccn4)CC3)noc12. The highest BCUT2D eigenvalue weighted by atomic mass is 16.5. The Balaban J connectivity index is 1.14. The number of nitrogens with zero attached hydrogens (tertiary/aromatic N) is 4. The molecule has 2 aliphatic rings. The fourth-order valence-corrected chi connectivity index (χ4v) is 4.56. The van der Waals surface area contributed by atoms with Crippen LogP contribution in [0.1, 0.15) is 43.4 Å². The molecule has 31 heavy (non-hydrogen) atoms. The van der Waals surface area contributed by atoms with Crippen LogP contribution in [0.25, 0.3) is 11.0 Å². The summed E-state index contributed by atoms with van der Waals surface area (Å²) in [6.45, 7) is 4.96. The van der Waals surface area contributed by atoms with Crippen molar-refractivity contribution in [1.29, 1.82) is 0 Å². The summed E-state index contributed by atoms with van der Waals surface area (Å²) in [5.74, 6) is 2.13. The second-order valence-electron chi connectivity index (χ2n) is 9.05. The highest BCUT2D eigenvalue weighted by Gasteiger charge is 2.24. The number of likely N-dealkylation sites (tertiary alicyclic amines) is 1. The summed E-state index contributed by atoms with van der Waals surface area (Å²) in [6.07, 6.45) is 10.9. The number of aryl methyl sites for hydroxylation is 1. The molecule has 3 heterocycles. The number of benzene rings is 1. The van der Waals surface area contributed by atoms with Crippen LogP contribution >= 0.6 is 0 Å². The van der Waals surface area contributed by atoms with Crippen molar-refractivity contribution in [2.45, 2.75) is 51.7 Å². The van der Waals surface area contributed by atoms with Gasteiger partial charge >= 0.3 is 0 Å².